The fourth-order valence-corrected chi connectivity index (χ4v) is 1.89. The summed E-state index contributed by atoms with van der Waals surface area (Å²) in [6.07, 6.45) is 1.88. The molecule has 0 aliphatic heterocycles. The van der Waals surface area contributed by atoms with Gasteiger partial charge in [0.1, 0.15) is 0 Å². The monoisotopic (exact) mass is 249 g/mol. The number of thiol groups is 1. The molecule has 0 saturated carbocycles. The Labute approximate surface area is 106 Å². The maximum Gasteiger partial charge on any atom is 0.306 e. The normalized spacial score (nSPS) is 11.8. The molecule has 1 aromatic rings. The van der Waals surface area contributed by atoms with Gasteiger partial charge in [-0.05, 0) is 42.7 Å². The maximum absolute atomic E-state index is 11.1. The summed E-state index contributed by atoms with van der Waals surface area (Å²) in [5.41, 5.74) is 1.47. The third-order valence-corrected chi connectivity index (χ3v) is 2.91. The third-order valence-electron chi connectivity index (χ3n) is 2.60. The van der Waals surface area contributed by atoms with Crippen LogP contribution in [0.1, 0.15) is 24.0 Å². The highest BCUT2D eigenvalue weighted by molar-refractivity contribution is 7.80. The van der Waals surface area contributed by atoms with Crippen LogP contribution in [0.15, 0.2) is 24.3 Å². The van der Waals surface area contributed by atoms with Gasteiger partial charge in [0.2, 0.25) is 0 Å². The van der Waals surface area contributed by atoms with E-state index in [1.54, 1.807) is 18.2 Å². The second-order valence-corrected chi connectivity index (χ2v) is 4.36. The van der Waals surface area contributed by atoms with Crippen LogP contribution in [-0.4, -0.2) is 16.8 Å². The first kappa shape index (κ1) is 13.6. The molecule has 0 spiro atoms. The van der Waals surface area contributed by atoms with Crippen LogP contribution >= 0.6 is 12.6 Å². The Morgan fingerprint density at radius 1 is 1.53 bits per heavy atom. The van der Waals surface area contributed by atoms with Crippen molar-refractivity contribution in [2.75, 3.05) is 5.75 Å². The number of rotatable bonds is 6. The van der Waals surface area contributed by atoms with Crippen LogP contribution in [0.3, 0.4) is 0 Å². The van der Waals surface area contributed by atoms with Crippen molar-refractivity contribution in [3.05, 3.63) is 35.4 Å². The number of carbonyl (C=O) groups is 1. The van der Waals surface area contributed by atoms with Gasteiger partial charge in [0.05, 0.1) is 17.6 Å². The lowest BCUT2D eigenvalue weighted by Gasteiger charge is -2.11. The number of hydrogen-bond acceptors (Lipinski definition) is 3. The number of aliphatic carboxylic acids is 1. The highest BCUT2D eigenvalue weighted by atomic mass is 32.1. The van der Waals surface area contributed by atoms with Crippen molar-refractivity contribution in [3.8, 4) is 6.07 Å². The highest BCUT2D eigenvalue weighted by Crippen LogP contribution is 2.16. The van der Waals surface area contributed by atoms with Gasteiger partial charge < -0.3 is 5.11 Å². The Balaban J connectivity index is 2.72. The number of carboxylic acid groups (broad SMARTS) is 1. The topological polar surface area (TPSA) is 61.1 Å². The number of nitriles is 1. The highest BCUT2D eigenvalue weighted by Gasteiger charge is 2.17. The number of benzene rings is 1. The fourth-order valence-electron chi connectivity index (χ4n) is 1.70. The molecule has 90 valence electrons. The van der Waals surface area contributed by atoms with E-state index in [4.69, 9.17) is 10.4 Å². The Hall–Kier alpha value is -1.47. The van der Waals surface area contributed by atoms with E-state index in [1.807, 2.05) is 6.07 Å². The van der Waals surface area contributed by atoms with Crippen LogP contribution < -0.4 is 0 Å². The molecular weight excluding hydrogens is 234 g/mol. The molecular formula is C13H15NO2S. The smallest absolute Gasteiger partial charge is 0.306 e. The van der Waals surface area contributed by atoms with Gasteiger partial charge in [-0.3, -0.25) is 4.79 Å². The minimum atomic E-state index is -0.783. The number of hydrogen-bond donors (Lipinski definition) is 2. The summed E-state index contributed by atoms with van der Waals surface area (Å²) in [4.78, 5) is 11.1. The van der Waals surface area contributed by atoms with Gasteiger partial charge in [0.15, 0.2) is 0 Å². The standard InChI is InChI=1S/C13H15NO2S/c14-9-11-4-1-3-10(7-11)8-12(13(15)16)5-2-6-17/h1,3-4,7,12,17H,2,5-6,8H2,(H,15,16)/t12-/m0/s1. The minimum absolute atomic E-state index is 0.393. The van der Waals surface area contributed by atoms with Crippen molar-refractivity contribution in [2.24, 2.45) is 5.92 Å². The molecule has 0 unspecified atom stereocenters. The van der Waals surface area contributed by atoms with E-state index in [0.717, 1.165) is 12.0 Å². The summed E-state index contributed by atoms with van der Waals surface area (Å²) < 4.78 is 0. The molecule has 0 fully saturated rings. The van der Waals surface area contributed by atoms with Crippen LogP contribution in [0, 0.1) is 17.2 Å². The van der Waals surface area contributed by atoms with E-state index in [-0.39, 0.29) is 0 Å². The quantitative estimate of drug-likeness (QED) is 0.761. The maximum atomic E-state index is 11.1. The molecule has 1 atom stereocenters. The van der Waals surface area contributed by atoms with Crippen molar-refractivity contribution >= 4 is 18.6 Å². The minimum Gasteiger partial charge on any atom is -0.481 e. The summed E-state index contributed by atoms with van der Waals surface area (Å²) in [5, 5.41) is 17.9. The fraction of sp³-hybridized carbons (Fsp3) is 0.385. The first-order valence-electron chi connectivity index (χ1n) is 5.50. The summed E-state index contributed by atoms with van der Waals surface area (Å²) in [7, 11) is 0. The number of carboxylic acids is 1. The molecule has 0 aromatic heterocycles. The lowest BCUT2D eigenvalue weighted by Crippen LogP contribution is -2.16. The van der Waals surface area contributed by atoms with Crippen molar-refractivity contribution in [1.82, 2.24) is 0 Å². The van der Waals surface area contributed by atoms with Gasteiger partial charge in [-0.15, -0.1) is 0 Å². The molecule has 1 rings (SSSR count). The summed E-state index contributed by atoms with van der Waals surface area (Å²) >= 11 is 4.09. The van der Waals surface area contributed by atoms with Gasteiger partial charge in [0, 0.05) is 0 Å². The first-order chi connectivity index (χ1) is 8.17. The third kappa shape index (κ3) is 4.49. The van der Waals surface area contributed by atoms with Crippen LogP contribution in [0.2, 0.25) is 0 Å². The molecule has 0 amide bonds. The lowest BCUT2D eigenvalue weighted by atomic mass is 9.94. The number of nitrogens with zero attached hydrogens (tertiary/aromatic N) is 1. The molecule has 0 heterocycles. The van der Waals surface area contributed by atoms with Crippen molar-refractivity contribution < 1.29 is 9.90 Å². The SMILES string of the molecule is N#Cc1cccc(C[C@H](CCCS)C(=O)O)c1. The van der Waals surface area contributed by atoms with E-state index in [2.05, 4.69) is 18.7 Å². The predicted octanol–water partition coefficient (Wildman–Crippen LogP) is 2.51. The summed E-state index contributed by atoms with van der Waals surface area (Å²) in [6, 6.07) is 9.16. The second-order valence-electron chi connectivity index (χ2n) is 3.92. The summed E-state index contributed by atoms with van der Waals surface area (Å²) in [5.74, 6) is -0.479. The van der Waals surface area contributed by atoms with E-state index < -0.39 is 11.9 Å². The average molecular weight is 249 g/mol. The zero-order chi connectivity index (χ0) is 12.7. The Morgan fingerprint density at radius 3 is 2.88 bits per heavy atom. The zero-order valence-corrected chi connectivity index (χ0v) is 10.4. The van der Waals surface area contributed by atoms with E-state index >= 15 is 0 Å². The molecule has 17 heavy (non-hydrogen) atoms. The molecule has 0 aliphatic carbocycles. The van der Waals surface area contributed by atoms with E-state index in [9.17, 15) is 4.79 Å². The summed E-state index contributed by atoms with van der Waals surface area (Å²) in [6.45, 7) is 0. The largest absolute Gasteiger partial charge is 0.481 e. The molecule has 0 bridgehead atoms. The van der Waals surface area contributed by atoms with Crippen LogP contribution in [0.25, 0.3) is 0 Å². The molecule has 1 aromatic carbocycles. The molecule has 0 radical (unpaired) electrons. The second kappa shape index (κ2) is 6.97. The average Bonchev–Trinajstić information content (AvgIpc) is 2.34. The van der Waals surface area contributed by atoms with Crippen LogP contribution in [0.4, 0.5) is 0 Å². The van der Waals surface area contributed by atoms with E-state index in [0.29, 0.717) is 24.2 Å². The van der Waals surface area contributed by atoms with Gasteiger partial charge in [0.25, 0.3) is 0 Å². The Morgan fingerprint density at radius 2 is 2.29 bits per heavy atom. The molecule has 4 heteroatoms. The van der Waals surface area contributed by atoms with E-state index in [1.165, 1.54) is 0 Å². The lowest BCUT2D eigenvalue weighted by molar-refractivity contribution is -0.141. The zero-order valence-electron chi connectivity index (χ0n) is 9.47. The molecule has 0 aliphatic rings. The van der Waals surface area contributed by atoms with Gasteiger partial charge in [-0.25, -0.2) is 0 Å². The van der Waals surface area contributed by atoms with Crippen molar-refractivity contribution in [2.45, 2.75) is 19.3 Å². The first-order valence-corrected chi connectivity index (χ1v) is 6.13. The van der Waals surface area contributed by atoms with Crippen molar-refractivity contribution in [1.29, 1.82) is 5.26 Å². The Kier molecular flexibility index (Phi) is 5.58. The molecule has 1 N–H and O–H groups in total. The van der Waals surface area contributed by atoms with Gasteiger partial charge in [-0.2, -0.15) is 17.9 Å². The van der Waals surface area contributed by atoms with Gasteiger partial charge >= 0.3 is 5.97 Å². The molecule has 0 saturated heterocycles. The van der Waals surface area contributed by atoms with Crippen molar-refractivity contribution in [3.63, 3.8) is 0 Å². The van der Waals surface area contributed by atoms with Crippen LogP contribution in [0.5, 0.6) is 0 Å². The van der Waals surface area contributed by atoms with Crippen LogP contribution in [-0.2, 0) is 11.2 Å². The predicted molar refractivity (Wildman–Crippen MR) is 69.1 cm³/mol. The molecule has 3 nitrogen and oxygen atoms in total. The van der Waals surface area contributed by atoms with Gasteiger partial charge in [-0.1, -0.05) is 12.1 Å². The Bertz CT molecular complexity index is 426.